The molecule has 0 aliphatic heterocycles. The van der Waals surface area contributed by atoms with Gasteiger partial charge in [-0.15, -0.1) is 0 Å². The average molecular weight is 520 g/mol. The quantitative estimate of drug-likeness (QED) is 0.116. The van der Waals surface area contributed by atoms with Crippen LogP contribution in [-0.2, 0) is 9.22 Å². The van der Waals surface area contributed by atoms with Crippen molar-refractivity contribution >= 4 is 17.6 Å². The van der Waals surface area contributed by atoms with Crippen molar-refractivity contribution in [2.24, 2.45) is 0 Å². The first-order valence-corrected chi connectivity index (χ1v) is 12.8. The molecule has 0 amide bonds. The number of hydrogen-bond acceptors (Lipinski definition) is 5. The van der Waals surface area contributed by atoms with Crippen molar-refractivity contribution in [2.45, 2.75) is 11.0 Å². The molecule has 0 saturated heterocycles. The molecule has 6 heteroatoms. The van der Waals surface area contributed by atoms with Crippen LogP contribution in [0, 0.1) is 5.82 Å². The van der Waals surface area contributed by atoms with Crippen LogP contribution in [0.1, 0.15) is 22.9 Å². The summed E-state index contributed by atoms with van der Waals surface area (Å²) in [6, 6.07) is 35.7. The fourth-order valence-electron chi connectivity index (χ4n) is 4.36. The van der Waals surface area contributed by atoms with E-state index < -0.39 is 6.10 Å². The maximum Gasteiger partial charge on any atom is 0.156 e. The smallest absolute Gasteiger partial charge is 0.156 e. The summed E-state index contributed by atoms with van der Waals surface area (Å²) in [5, 5.41) is 0. The summed E-state index contributed by atoms with van der Waals surface area (Å²) in [4.78, 5) is 11.4. The molecule has 1 aromatic heterocycles. The number of para-hydroxylation sites is 2. The fraction of sp³-hybridized carbons (Fsp3) is 0.0312. The third-order valence-corrected chi connectivity index (χ3v) is 6.76. The van der Waals surface area contributed by atoms with Gasteiger partial charge in [0, 0.05) is 33.3 Å². The van der Waals surface area contributed by atoms with Crippen LogP contribution in [0.25, 0.3) is 16.7 Å². The Morgan fingerprint density at radius 2 is 1.39 bits per heavy atom. The zero-order valence-corrected chi connectivity index (χ0v) is 21.0. The third-order valence-electron chi connectivity index (χ3n) is 6.15. The van der Waals surface area contributed by atoms with Crippen LogP contribution in [-0.4, -0.2) is 4.98 Å². The first kappa shape index (κ1) is 24.1. The van der Waals surface area contributed by atoms with Crippen molar-refractivity contribution in [1.82, 2.24) is 4.98 Å². The first-order valence-electron chi connectivity index (χ1n) is 12.1. The molecule has 0 spiro atoms. The average Bonchev–Trinajstić information content (AvgIpc) is 3.32. The Hall–Kier alpha value is -4.23. The third kappa shape index (κ3) is 5.10. The van der Waals surface area contributed by atoms with Crippen molar-refractivity contribution in [2.75, 3.05) is 0 Å². The van der Waals surface area contributed by atoms with Gasteiger partial charge in [0.05, 0.1) is 17.7 Å². The van der Waals surface area contributed by atoms with Gasteiger partial charge in [-0.25, -0.2) is 9.28 Å². The minimum absolute atomic E-state index is 0.317. The predicted octanol–water partition coefficient (Wildman–Crippen LogP) is 8.82. The summed E-state index contributed by atoms with van der Waals surface area (Å²) < 4.78 is 26.6. The lowest BCUT2D eigenvalue weighted by atomic mass is 9.97. The topological polar surface area (TPSA) is 40.6 Å². The molecule has 0 saturated carbocycles. The molecule has 1 aliphatic carbocycles. The van der Waals surface area contributed by atoms with Crippen molar-refractivity contribution in [1.29, 1.82) is 0 Å². The largest absolute Gasteiger partial charge is 0.457 e. The predicted molar refractivity (Wildman–Crippen MR) is 147 cm³/mol. The van der Waals surface area contributed by atoms with Crippen molar-refractivity contribution < 1.29 is 18.3 Å². The van der Waals surface area contributed by atoms with Crippen LogP contribution in [0.3, 0.4) is 0 Å². The van der Waals surface area contributed by atoms with Gasteiger partial charge in [-0.05, 0) is 54.1 Å². The van der Waals surface area contributed by atoms with Gasteiger partial charge in [0.2, 0.25) is 0 Å². The Morgan fingerprint density at radius 3 is 2.18 bits per heavy atom. The Labute approximate surface area is 224 Å². The molecule has 1 heterocycles. The van der Waals surface area contributed by atoms with Crippen LogP contribution in [0.5, 0.6) is 11.5 Å². The zero-order chi connectivity index (χ0) is 25.7. The lowest BCUT2D eigenvalue weighted by Crippen LogP contribution is -2.01. The minimum atomic E-state index is -0.597. The van der Waals surface area contributed by atoms with E-state index in [1.807, 2.05) is 103 Å². The maximum absolute atomic E-state index is 14.9. The van der Waals surface area contributed by atoms with Crippen LogP contribution in [0.2, 0.25) is 0 Å². The van der Waals surface area contributed by atoms with E-state index in [0.717, 1.165) is 39.4 Å². The lowest BCUT2D eigenvalue weighted by Gasteiger charge is -2.14. The number of ether oxygens (including phenoxy) is 1. The Bertz CT molecular complexity index is 1590. The fourth-order valence-corrected chi connectivity index (χ4v) is 4.83. The molecule has 6 rings (SSSR count). The van der Waals surface area contributed by atoms with Gasteiger partial charge in [-0.1, -0.05) is 72.8 Å². The number of hydrogen-bond donors (Lipinski definition) is 0. The van der Waals surface area contributed by atoms with E-state index in [4.69, 9.17) is 18.9 Å². The molecule has 1 unspecified atom stereocenters. The molecule has 1 atom stereocenters. The highest BCUT2D eigenvalue weighted by molar-refractivity contribution is 7.94. The second-order valence-electron chi connectivity index (χ2n) is 8.61. The molecule has 0 fully saturated rings. The van der Waals surface area contributed by atoms with E-state index in [1.54, 1.807) is 18.3 Å². The SMILES string of the molecule is Fc1ccccc1C1=CC(OOSc2ccccc2)c2ncc(-c3ccccc3Oc3ccccc3)cc21. The van der Waals surface area contributed by atoms with Crippen molar-refractivity contribution in [3.8, 4) is 22.6 Å². The summed E-state index contributed by atoms with van der Waals surface area (Å²) in [6.45, 7) is 0. The highest BCUT2D eigenvalue weighted by Gasteiger charge is 2.29. The molecule has 5 aromatic rings. The van der Waals surface area contributed by atoms with Crippen molar-refractivity contribution in [3.63, 3.8) is 0 Å². The summed E-state index contributed by atoms with van der Waals surface area (Å²) in [5.41, 5.74) is 4.33. The second-order valence-corrected chi connectivity index (χ2v) is 9.38. The van der Waals surface area contributed by atoms with Gasteiger partial charge < -0.3 is 4.74 Å². The molecular weight excluding hydrogens is 497 g/mol. The molecule has 4 nitrogen and oxygen atoms in total. The van der Waals surface area contributed by atoms with Gasteiger partial charge >= 0.3 is 0 Å². The standard InChI is InChI=1S/C32H22FNO3S/c33-29-17-9-7-16-26(29)27-20-31(36-37-38-24-13-5-2-6-14-24)32-28(27)19-22(21-34-32)25-15-8-10-18-30(25)35-23-11-3-1-4-12-23/h1-21,31H. The van der Waals surface area contributed by atoms with E-state index in [2.05, 4.69) is 0 Å². The normalized spacial score (nSPS) is 14.1. The van der Waals surface area contributed by atoms with E-state index in [0.29, 0.717) is 22.6 Å². The van der Waals surface area contributed by atoms with E-state index in [-0.39, 0.29) is 5.82 Å². The summed E-state index contributed by atoms with van der Waals surface area (Å²) >= 11 is 1.12. The summed E-state index contributed by atoms with van der Waals surface area (Å²) in [5.74, 6) is 1.12. The molecule has 38 heavy (non-hydrogen) atoms. The highest BCUT2D eigenvalue weighted by atomic mass is 32.2. The summed E-state index contributed by atoms with van der Waals surface area (Å²) in [6.07, 6.45) is 3.03. The Kier molecular flexibility index (Phi) is 7.00. The minimum Gasteiger partial charge on any atom is -0.457 e. The van der Waals surface area contributed by atoms with Crippen LogP contribution >= 0.6 is 12.0 Å². The molecule has 0 N–H and O–H groups in total. The van der Waals surface area contributed by atoms with Gasteiger partial charge in [0.15, 0.2) is 6.10 Å². The number of aromatic nitrogens is 1. The Balaban J connectivity index is 1.35. The van der Waals surface area contributed by atoms with Crippen LogP contribution in [0.15, 0.2) is 132 Å². The van der Waals surface area contributed by atoms with Gasteiger partial charge in [0.25, 0.3) is 0 Å². The number of nitrogens with zero attached hydrogens (tertiary/aromatic N) is 1. The van der Waals surface area contributed by atoms with Crippen LogP contribution in [0.4, 0.5) is 4.39 Å². The second kappa shape index (κ2) is 11.0. The van der Waals surface area contributed by atoms with Gasteiger partial charge in [0.1, 0.15) is 17.3 Å². The number of pyridine rings is 1. The zero-order valence-electron chi connectivity index (χ0n) is 20.2. The summed E-state index contributed by atoms with van der Waals surface area (Å²) in [7, 11) is 0. The number of rotatable bonds is 8. The molecule has 0 radical (unpaired) electrons. The number of fused-ring (bicyclic) bond motifs is 1. The monoisotopic (exact) mass is 519 g/mol. The van der Waals surface area contributed by atoms with E-state index in [9.17, 15) is 4.39 Å². The lowest BCUT2D eigenvalue weighted by molar-refractivity contribution is -0.219. The molecule has 186 valence electrons. The number of benzene rings is 4. The first-order chi connectivity index (χ1) is 18.8. The highest BCUT2D eigenvalue weighted by Crippen LogP contribution is 2.43. The molecule has 4 aromatic carbocycles. The van der Waals surface area contributed by atoms with Crippen LogP contribution < -0.4 is 4.74 Å². The van der Waals surface area contributed by atoms with E-state index in [1.165, 1.54) is 6.07 Å². The molecule has 0 bridgehead atoms. The maximum atomic E-state index is 14.9. The van der Waals surface area contributed by atoms with E-state index >= 15 is 0 Å². The molecule has 1 aliphatic rings. The van der Waals surface area contributed by atoms with Crippen molar-refractivity contribution in [3.05, 3.63) is 150 Å². The van der Waals surface area contributed by atoms with Gasteiger partial charge in [-0.3, -0.25) is 4.98 Å². The Morgan fingerprint density at radius 1 is 0.711 bits per heavy atom. The number of halogens is 1. The van der Waals surface area contributed by atoms with Gasteiger partial charge in [-0.2, -0.15) is 4.33 Å². The molecular formula is C32H22FNO3S.